The molecule has 0 atom stereocenters. The topological polar surface area (TPSA) is 41.6 Å². The maximum Gasteiger partial charge on any atom is 0.241 e. The summed E-state index contributed by atoms with van der Waals surface area (Å²) in [5.41, 5.74) is 0.882. The molecule has 4 nitrogen and oxygen atoms in total. The first kappa shape index (κ1) is 15.2. The number of methoxy groups -OCH3 is 1. The molecule has 1 N–H and O–H groups in total. The van der Waals surface area contributed by atoms with Crippen LogP contribution in [-0.2, 0) is 4.79 Å². The molecule has 0 aromatic heterocycles. The number of hydrogen-bond acceptors (Lipinski definition) is 3. The van der Waals surface area contributed by atoms with Gasteiger partial charge in [-0.05, 0) is 40.9 Å². The first-order valence-corrected chi connectivity index (χ1v) is 7.85. The highest BCUT2D eigenvalue weighted by molar-refractivity contribution is 9.10. The summed E-state index contributed by atoms with van der Waals surface area (Å²) >= 11 is 3.48. The minimum atomic E-state index is 0.168. The maximum absolute atomic E-state index is 12.2. The van der Waals surface area contributed by atoms with Crippen LogP contribution < -0.4 is 10.1 Å². The third-order valence-electron chi connectivity index (χ3n) is 3.56. The van der Waals surface area contributed by atoms with E-state index < -0.39 is 0 Å². The minimum Gasteiger partial charge on any atom is -0.497 e. The highest BCUT2D eigenvalue weighted by atomic mass is 79.9. The van der Waals surface area contributed by atoms with Crippen LogP contribution in [0.15, 0.2) is 22.7 Å². The van der Waals surface area contributed by atoms with Gasteiger partial charge in [-0.25, -0.2) is 0 Å². The fraction of sp³-hybridized carbons (Fsp3) is 0.533. The number of amides is 1. The summed E-state index contributed by atoms with van der Waals surface area (Å²) in [4.78, 5) is 14.2. The standard InChI is InChI=1S/C15H21BrN2O2/c1-20-12-6-7-13(16)14(10-12)17-11-15(19)18-8-4-2-3-5-9-18/h6-7,10,17H,2-5,8-9,11H2,1H3. The molecule has 1 aromatic rings. The number of benzene rings is 1. The molecule has 110 valence electrons. The quantitative estimate of drug-likeness (QED) is 0.914. The Morgan fingerprint density at radius 3 is 2.65 bits per heavy atom. The Labute approximate surface area is 128 Å². The van der Waals surface area contributed by atoms with Gasteiger partial charge in [0.25, 0.3) is 0 Å². The van der Waals surface area contributed by atoms with Crippen LogP contribution in [0.2, 0.25) is 0 Å². The summed E-state index contributed by atoms with van der Waals surface area (Å²) in [6, 6.07) is 5.68. The maximum atomic E-state index is 12.2. The Morgan fingerprint density at radius 1 is 1.30 bits per heavy atom. The average Bonchev–Trinajstić information content (AvgIpc) is 2.75. The number of hydrogen-bond donors (Lipinski definition) is 1. The Bertz CT molecular complexity index is 457. The van der Waals surface area contributed by atoms with Crippen LogP contribution in [0, 0.1) is 0 Å². The zero-order chi connectivity index (χ0) is 14.4. The van der Waals surface area contributed by atoms with E-state index in [0.29, 0.717) is 6.54 Å². The number of halogens is 1. The lowest BCUT2D eigenvalue weighted by Gasteiger charge is -2.21. The van der Waals surface area contributed by atoms with Crippen LogP contribution in [-0.4, -0.2) is 37.6 Å². The summed E-state index contributed by atoms with van der Waals surface area (Å²) in [7, 11) is 1.63. The van der Waals surface area contributed by atoms with Gasteiger partial charge in [0.05, 0.1) is 19.3 Å². The van der Waals surface area contributed by atoms with Crippen molar-refractivity contribution < 1.29 is 9.53 Å². The van der Waals surface area contributed by atoms with Crippen LogP contribution in [0.5, 0.6) is 5.75 Å². The molecule has 0 bridgehead atoms. The predicted octanol–water partition coefficient (Wildman–Crippen LogP) is 3.27. The van der Waals surface area contributed by atoms with Gasteiger partial charge in [-0.1, -0.05) is 12.8 Å². The van der Waals surface area contributed by atoms with Gasteiger partial charge in [-0.15, -0.1) is 0 Å². The van der Waals surface area contributed by atoms with Gasteiger partial charge in [0.2, 0.25) is 5.91 Å². The first-order chi connectivity index (χ1) is 9.70. The highest BCUT2D eigenvalue weighted by Crippen LogP contribution is 2.27. The molecule has 1 heterocycles. The lowest BCUT2D eigenvalue weighted by molar-refractivity contribution is -0.129. The van der Waals surface area contributed by atoms with Gasteiger partial charge in [-0.3, -0.25) is 4.79 Å². The molecule has 0 unspecified atom stereocenters. The number of nitrogens with one attached hydrogen (secondary N) is 1. The van der Waals surface area contributed by atoms with E-state index >= 15 is 0 Å². The number of carbonyl (C=O) groups is 1. The summed E-state index contributed by atoms with van der Waals surface area (Å²) in [6.45, 7) is 2.10. The van der Waals surface area contributed by atoms with E-state index in [1.165, 1.54) is 12.8 Å². The summed E-state index contributed by atoms with van der Waals surface area (Å²) in [5, 5.41) is 3.19. The molecule has 1 amide bonds. The summed E-state index contributed by atoms with van der Waals surface area (Å²) in [5.74, 6) is 0.944. The average molecular weight is 341 g/mol. The predicted molar refractivity (Wildman–Crippen MR) is 84.2 cm³/mol. The van der Waals surface area contributed by atoms with Crippen LogP contribution in [0.4, 0.5) is 5.69 Å². The second-order valence-corrected chi connectivity index (χ2v) is 5.85. The number of likely N-dealkylation sites (tertiary alicyclic amines) is 1. The van der Waals surface area contributed by atoms with Crippen LogP contribution >= 0.6 is 15.9 Å². The molecule has 5 heteroatoms. The van der Waals surface area contributed by atoms with E-state index in [1.54, 1.807) is 7.11 Å². The number of carbonyl (C=O) groups excluding carboxylic acids is 1. The van der Waals surface area contributed by atoms with E-state index in [9.17, 15) is 4.79 Å². The third kappa shape index (κ3) is 4.13. The summed E-state index contributed by atoms with van der Waals surface area (Å²) < 4.78 is 6.13. The zero-order valence-electron chi connectivity index (χ0n) is 11.8. The van der Waals surface area contributed by atoms with Crippen molar-refractivity contribution in [2.45, 2.75) is 25.7 Å². The molecule has 0 radical (unpaired) electrons. The zero-order valence-corrected chi connectivity index (χ0v) is 13.4. The largest absolute Gasteiger partial charge is 0.497 e. The molecule has 1 aliphatic heterocycles. The van der Waals surface area contributed by atoms with Crippen molar-refractivity contribution >= 4 is 27.5 Å². The fourth-order valence-electron chi connectivity index (χ4n) is 2.37. The van der Waals surface area contributed by atoms with Gasteiger partial charge in [0.1, 0.15) is 5.75 Å². The summed E-state index contributed by atoms with van der Waals surface area (Å²) in [6.07, 6.45) is 4.71. The lowest BCUT2D eigenvalue weighted by atomic mass is 10.2. The Morgan fingerprint density at radius 2 is 2.00 bits per heavy atom. The van der Waals surface area contributed by atoms with E-state index in [2.05, 4.69) is 21.2 Å². The molecule has 1 aliphatic rings. The van der Waals surface area contributed by atoms with Crippen molar-refractivity contribution in [1.29, 1.82) is 0 Å². The molecular formula is C15H21BrN2O2. The molecule has 0 aliphatic carbocycles. The molecule has 1 fully saturated rings. The monoisotopic (exact) mass is 340 g/mol. The number of ether oxygens (including phenoxy) is 1. The van der Waals surface area contributed by atoms with Crippen LogP contribution in [0.3, 0.4) is 0 Å². The van der Waals surface area contributed by atoms with Gasteiger partial charge in [0, 0.05) is 23.6 Å². The molecule has 1 aromatic carbocycles. The van der Waals surface area contributed by atoms with E-state index in [4.69, 9.17) is 4.74 Å². The fourth-order valence-corrected chi connectivity index (χ4v) is 2.76. The number of rotatable bonds is 4. The molecule has 2 rings (SSSR count). The number of nitrogens with zero attached hydrogens (tertiary/aromatic N) is 1. The third-order valence-corrected chi connectivity index (χ3v) is 4.25. The SMILES string of the molecule is COc1ccc(Br)c(NCC(=O)N2CCCCCC2)c1. The smallest absolute Gasteiger partial charge is 0.241 e. The van der Waals surface area contributed by atoms with E-state index in [0.717, 1.165) is 41.8 Å². The van der Waals surface area contributed by atoms with Gasteiger partial charge in [0.15, 0.2) is 0 Å². The van der Waals surface area contributed by atoms with Crippen LogP contribution in [0.1, 0.15) is 25.7 Å². The molecule has 0 saturated carbocycles. The van der Waals surface area contributed by atoms with Crippen LogP contribution in [0.25, 0.3) is 0 Å². The van der Waals surface area contributed by atoms with Crippen molar-refractivity contribution in [3.8, 4) is 5.75 Å². The second-order valence-electron chi connectivity index (χ2n) is 4.99. The molecule has 0 spiro atoms. The van der Waals surface area contributed by atoms with E-state index in [-0.39, 0.29) is 5.91 Å². The normalized spacial score (nSPS) is 15.6. The lowest BCUT2D eigenvalue weighted by Crippen LogP contribution is -2.36. The van der Waals surface area contributed by atoms with Crippen molar-refractivity contribution in [3.05, 3.63) is 22.7 Å². The minimum absolute atomic E-state index is 0.168. The molecular weight excluding hydrogens is 320 g/mol. The Balaban J connectivity index is 1.92. The van der Waals surface area contributed by atoms with Gasteiger partial charge >= 0.3 is 0 Å². The number of anilines is 1. The second kappa shape index (κ2) is 7.53. The van der Waals surface area contributed by atoms with Crippen molar-refractivity contribution in [2.24, 2.45) is 0 Å². The van der Waals surface area contributed by atoms with Gasteiger partial charge in [-0.2, -0.15) is 0 Å². The molecule has 1 saturated heterocycles. The van der Waals surface area contributed by atoms with Crippen molar-refractivity contribution in [2.75, 3.05) is 32.1 Å². The Hall–Kier alpha value is -1.23. The Kier molecular flexibility index (Phi) is 5.71. The van der Waals surface area contributed by atoms with Gasteiger partial charge < -0.3 is 15.0 Å². The molecule has 20 heavy (non-hydrogen) atoms. The highest BCUT2D eigenvalue weighted by Gasteiger charge is 2.15. The van der Waals surface area contributed by atoms with Crippen molar-refractivity contribution in [3.63, 3.8) is 0 Å². The van der Waals surface area contributed by atoms with Crippen molar-refractivity contribution in [1.82, 2.24) is 4.90 Å². The van der Waals surface area contributed by atoms with E-state index in [1.807, 2.05) is 23.1 Å². The first-order valence-electron chi connectivity index (χ1n) is 7.06.